The van der Waals surface area contributed by atoms with Crippen molar-refractivity contribution in [1.82, 2.24) is 10.2 Å². The van der Waals surface area contributed by atoms with Crippen LogP contribution in [0, 0.1) is 0 Å². The van der Waals surface area contributed by atoms with Crippen LogP contribution in [0.3, 0.4) is 0 Å². The Bertz CT molecular complexity index is 683. The molecule has 0 spiro atoms. The van der Waals surface area contributed by atoms with Crippen molar-refractivity contribution in [3.63, 3.8) is 0 Å². The molecule has 2 aromatic carbocycles. The van der Waals surface area contributed by atoms with Gasteiger partial charge in [-0.2, -0.15) is 0 Å². The minimum atomic E-state index is -0.249. The van der Waals surface area contributed by atoms with E-state index in [4.69, 9.17) is 10.2 Å². The third kappa shape index (κ3) is 1.76. The van der Waals surface area contributed by atoms with Crippen molar-refractivity contribution in [1.29, 1.82) is 0 Å². The highest BCUT2D eigenvalue weighted by Crippen LogP contribution is 2.28. The van der Waals surface area contributed by atoms with Crippen LogP contribution in [0.25, 0.3) is 22.2 Å². The van der Waals surface area contributed by atoms with Gasteiger partial charge in [-0.1, -0.05) is 36.4 Å². The molecule has 4 nitrogen and oxygen atoms in total. The van der Waals surface area contributed by atoms with Crippen LogP contribution in [0.5, 0.6) is 0 Å². The van der Waals surface area contributed by atoms with Gasteiger partial charge in [0.2, 0.25) is 11.8 Å². The van der Waals surface area contributed by atoms with Crippen LogP contribution in [0.15, 0.2) is 46.9 Å². The number of rotatable bonds is 2. The summed E-state index contributed by atoms with van der Waals surface area (Å²) in [4.78, 5) is 0. The summed E-state index contributed by atoms with van der Waals surface area (Å²) < 4.78 is 5.59. The zero-order chi connectivity index (χ0) is 12.5. The molecule has 0 saturated carbocycles. The van der Waals surface area contributed by atoms with Crippen LogP contribution in [-0.4, -0.2) is 10.2 Å². The molecule has 1 aromatic heterocycles. The summed E-state index contributed by atoms with van der Waals surface area (Å²) in [5.74, 6) is 0.969. The van der Waals surface area contributed by atoms with Gasteiger partial charge in [0.15, 0.2) is 0 Å². The molecular weight excluding hydrogens is 226 g/mol. The Labute approximate surface area is 104 Å². The average molecular weight is 239 g/mol. The Morgan fingerprint density at radius 3 is 2.61 bits per heavy atom. The molecule has 0 bridgehead atoms. The van der Waals surface area contributed by atoms with Crippen molar-refractivity contribution in [3.8, 4) is 11.5 Å². The Hall–Kier alpha value is -2.20. The topological polar surface area (TPSA) is 64.9 Å². The van der Waals surface area contributed by atoms with Crippen LogP contribution in [-0.2, 0) is 0 Å². The molecule has 1 unspecified atom stereocenters. The van der Waals surface area contributed by atoms with Crippen LogP contribution in [0.2, 0.25) is 0 Å². The number of nitrogens with zero attached hydrogens (tertiary/aromatic N) is 2. The molecule has 0 saturated heterocycles. The molecule has 0 radical (unpaired) electrons. The van der Waals surface area contributed by atoms with E-state index in [0.29, 0.717) is 11.8 Å². The lowest BCUT2D eigenvalue weighted by molar-refractivity contribution is 0.474. The first-order chi connectivity index (χ1) is 8.75. The zero-order valence-electron chi connectivity index (χ0n) is 10.00. The molecular formula is C14H13N3O. The number of aromatic nitrogens is 2. The average Bonchev–Trinajstić information content (AvgIpc) is 2.87. The Morgan fingerprint density at radius 2 is 1.83 bits per heavy atom. The molecule has 0 aliphatic rings. The normalized spacial score (nSPS) is 12.8. The summed E-state index contributed by atoms with van der Waals surface area (Å²) in [5.41, 5.74) is 6.66. The summed E-state index contributed by atoms with van der Waals surface area (Å²) in [5, 5.41) is 10.3. The summed E-state index contributed by atoms with van der Waals surface area (Å²) in [6, 6.07) is 13.9. The van der Waals surface area contributed by atoms with E-state index in [9.17, 15) is 0 Å². The number of fused-ring (bicyclic) bond motifs is 1. The highest BCUT2D eigenvalue weighted by Gasteiger charge is 2.13. The predicted octanol–water partition coefficient (Wildman–Crippen LogP) is 2.91. The minimum Gasteiger partial charge on any atom is -0.419 e. The lowest BCUT2D eigenvalue weighted by Crippen LogP contribution is -2.04. The molecule has 0 fully saturated rings. The smallest absolute Gasteiger partial charge is 0.248 e. The fraction of sp³-hybridized carbons (Fsp3) is 0.143. The Morgan fingerprint density at radius 1 is 1.06 bits per heavy atom. The second-order valence-electron chi connectivity index (χ2n) is 4.26. The van der Waals surface area contributed by atoms with Crippen molar-refractivity contribution >= 4 is 10.8 Å². The fourth-order valence-electron chi connectivity index (χ4n) is 1.94. The molecule has 90 valence electrons. The minimum absolute atomic E-state index is 0.249. The molecule has 0 aliphatic heterocycles. The van der Waals surface area contributed by atoms with Gasteiger partial charge in [0.25, 0.3) is 0 Å². The van der Waals surface area contributed by atoms with Crippen LogP contribution in [0.1, 0.15) is 18.9 Å². The largest absolute Gasteiger partial charge is 0.419 e. The first kappa shape index (κ1) is 10.9. The van der Waals surface area contributed by atoms with E-state index >= 15 is 0 Å². The van der Waals surface area contributed by atoms with Gasteiger partial charge in [-0.05, 0) is 23.8 Å². The summed E-state index contributed by atoms with van der Waals surface area (Å²) in [7, 11) is 0. The van der Waals surface area contributed by atoms with Crippen LogP contribution >= 0.6 is 0 Å². The number of hydrogen-bond acceptors (Lipinski definition) is 4. The van der Waals surface area contributed by atoms with E-state index in [2.05, 4.69) is 22.3 Å². The van der Waals surface area contributed by atoms with Gasteiger partial charge in [0.1, 0.15) is 0 Å². The lowest BCUT2D eigenvalue weighted by atomic mass is 10.0. The maximum Gasteiger partial charge on any atom is 0.248 e. The van der Waals surface area contributed by atoms with Crippen molar-refractivity contribution in [2.45, 2.75) is 13.0 Å². The second-order valence-corrected chi connectivity index (χ2v) is 4.26. The van der Waals surface area contributed by atoms with E-state index in [-0.39, 0.29) is 6.04 Å². The van der Waals surface area contributed by atoms with Gasteiger partial charge in [-0.15, -0.1) is 10.2 Å². The molecule has 1 heterocycles. The van der Waals surface area contributed by atoms with Gasteiger partial charge in [-0.25, -0.2) is 0 Å². The highest BCUT2D eigenvalue weighted by atomic mass is 16.4. The standard InChI is InChI=1S/C14H13N3O/c1-9(15)13-16-17-14(18-13)12-8-4-6-10-5-2-3-7-11(10)12/h2-9H,15H2,1H3. The van der Waals surface area contributed by atoms with Crippen molar-refractivity contribution < 1.29 is 4.42 Å². The van der Waals surface area contributed by atoms with Gasteiger partial charge >= 0.3 is 0 Å². The summed E-state index contributed by atoms with van der Waals surface area (Å²) >= 11 is 0. The Balaban J connectivity index is 2.18. The van der Waals surface area contributed by atoms with E-state index < -0.39 is 0 Å². The number of nitrogens with two attached hydrogens (primary N) is 1. The van der Waals surface area contributed by atoms with Gasteiger partial charge in [-0.3, -0.25) is 0 Å². The Kier molecular flexibility index (Phi) is 2.57. The monoisotopic (exact) mass is 239 g/mol. The summed E-state index contributed by atoms with van der Waals surface area (Å²) in [6.07, 6.45) is 0. The number of benzene rings is 2. The van der Waals surface area contributed by atoms with Gasteiger partial charge in [0.05, 0.1) is 6.04 Å². The number of hydrogen-bond donors (Lipinski definition) is 1. The maximum absolute atomic E-state index is 5.72. The molecule has 0 aliphatic carbocycles. The zero-order valence-corrected chi connectivity index (χ0v) is 10.00. The molecule has 1 atom stereocenters. The lowest BCUT2D eigenvalue weighted by Gasteiger charge is -2.02. The molecule has 2 N–H and O–H groups in total. The van der Waals surface area contributed by atoms with Crippen molar-refractivity contribution in [3.05, 3.63) is 48.4 Å². The van der Waals surface area contributed by atoms with Crippen LogP contribution < -0.4 is 5.73 Å². The molecule has 18 heavy (non-hydrogen) atoms. The van der Waals surface area contributed by atoms with Gasteiger partial charge < -0.3 is 10.2 Å². The quantitative estimate of drug-likeness (QED) is 0.746. The predicted molar refractivity (Wildman–Crippen MR) is 69.8 cm³/mol. The molecule has 0 amide bonds. The van der Waals surface area contributed by atoms with Crippen molar-refractivity contribution in [2.24, 2.45) is 5.73 Å². The van der Waals surface area contributed by atoms with Crippen molar-refractivity contribution in [2.75, 3.05) is 0 Å². The third-order valence-corrected chi connectivity index (χ3v) is 2.85. The van der Waals surface area contributed by atoms with Crippen LogP contribution in [0.4, 0.5) is 0 Å². The SMILES string of the molecule is CC(N)c1nnc(-c2cccc3ccccc23)o1. The second kappa shape index (κ2) is 4.23. The van der Waals surface area contributed by atoms with E-state index in [0.717, 1.165) is 16.3 Å². The first-order valence-electron chi connectivity index (χ1n) is 5.83. The molecule has 3 rings (SSSR count). The maximum atomic E-state index is 5.72. The van der Waals surface area contributed by atoms with Gasteiger partial charge in [0, 0.05) is 5.56 Å². The molecule has 3 aromatic rings. The van der Waals surface area contributed by atoms with E-state index in [1.807, 2.05) is 37.3 Å². The third-order valence-electron chi connectivity index (χ3n) is 2.85. The van der Waals surface area contributed by atoms with E-state index in [1.165, 1.54) is 0 Å². The summed E-state index contributed by atoms with van der Waals surface area (Å²) in [6.45, 7) is 1.82. The van der Waals surface area contributed by atoms with E-state index in [1.54, 1.807) is 0 Å². The fourth-order valence-corrected chi connectivity index (χ4v) is 1.94. The molecule has 4 heteroatoms. The first-order valence-corrected chi connectivity index (χ1v) is 5.83. The highest BCUT2D eigenvalue weighted by molar-refractivity contribution is 5.94.